The third-order valence-corrected chi connectivity index (χ3v) is 4.15. The van der Waals surface area contributed by atoms with Crippen LogP contribution in [0, 0.1) is 0 Å². The van der Waals surface area contributed by atoms with Crippen molar-refractivity contribution in [3.63, 3.8) is 0 Å². The van der Waals surface area contributed by atoms with E-state index in [1.165, 1.54) is 12.3 Å². The molecular weight excluding hydrogens is 342 g/mol. The Bertz CT molecular complexity index is 1210. The lowest BCUT2D eigenvalue weighted by Crippen LogP contribution is -2.20. The van der Waals surface area contributed by atoms with Crippen LogP contribution in [0.4, 0.5) is 5.69 Å². The molecule has 6 nitrogen and oxygen atoms in total. The SMILES string of the molecule is O=c1c2ccccc2c(C=Nc2cccc(O)c2)c(O)n1-c1ccccn1. The molecule has 132 valence electrons. The Hall–Kier alpha value is -3.93. The van der Waals surface area contributed by atoms with Gasteiger partial charge in [-0.15, -0.1) is 0 Å². The maximum Gasteiger partial charge on any atom is 0.267 e. The van der Waals surface area contributed by atoms with E-state index in [0.717, 1.165) is 4.57 Å². The van der Waals surface area contributed by atoms with Crippen molar-refractivity contribution in [2.75, 3.05) is 0 Å². The highest BCUT2D eigenvalue weighted by Gasteiger charge is 2.16. The molecule has 0 spiro atoms. The molecule has 0 unspecified atom stereocenters. The summed E-state index contributed by atoms with van der Waals surface area (Å²) in [6.45, 7) is 0. The fraction of sp³-hybridized carbons (Fsp3) is 0. The average molecular weight is 357 g/mol. The van der Waals surface area contributed by atoms with Gasteiger partial charge in [0.25, 0.3) is 5.56 Å². The Morgan fingerprint density at radius 3 is 2.44 bits per heavy atom. The first-order valence-corrected chi connectivity index (χ1v) is 8.26. The fourth-order valence-corrected chi connectivity index (χ4v) is 2.90. The number of aliphatic imine (C=N–C) groups is 1. The van der Waals surface area contributed by atoms with E-state index in [2.05, 4.69) is 9.98 Å². The van der Waals surface area contributed by atoms with E-state index in [4.69, 9.17) is 0 Å². The minimum Gasteiger partial charge on any atom is -0.508 e. The van der Waals surface area contributed by atoms with E-state index < -0.39 is 0 Å². The molecule has 0 aliphatic rings. The lowest BCUT2D eigenvalue weighted by Gasteiger charge is -2.12. The van der Waals surface area contributed by atoms with Crippen molar-refractivity contribution in [3.8, 4) is 17.4 Å². The third-order valence-electron chi connectivity index (χ3n) is 4.15. The van der Waals surface area contributed by atoms with E-state index in [-0.39, 0.29) is 17.2 Å². The normalized spacial score (nSPS) is 11.3. The number of aromatic hydroxyl groups is 2. The van der Waals surface area contributed by atoms with Crippen LogP contribution in [0.5, 0.6) is 11.6 Å². The summed E-state index contributed by atoms with van der Waals surface area (Å²) in [6, 6.07) is 18.6. The van der Waals surface area contributed by atoms with Gasteiger partial charge in [0.05, 0.1) is 11.3 Å². The molecule has 0 saturated heterocycles. The molecule has 2 aromatic carbocycles. The Balaban J connectivity index is 1.98. The Labute approximate surface area is 154 Å². The minimum absolute atomic E-state index is 0.0946. The highest BCUT2D eigenvalue weighted by Crippen LogP contribution is 2.26. The second kappa shape index (κ2) is 6.76. The summed E-state index contributed by atoms with van der Waals surface area (Å²) >= 11 is 0. The highest BCUT2D eigenvalue weighted by atomic mass is 16.3. The van der Waals surface area contributed by atoms with Crippen molar-refractivity contribution in [2.24, 2.45) is 4.99 Å². The molecule has 0 amide bonds. The molecule has 27 heavy (non-hydrogen) atoms. The van der Waals surface area contributed by atoms with Crippen LogP contribution in [-0.4, -0.2) is 26.0 Å². The van der Waals surface area contributed by atoms with Crippen molar-refractivity contribution >= 4 is 22.7 Å². The summed E-state index contributed by atoms with van der Waals surface area (Å²) in [5, 5.41) is 21.4. The summed E-state index contributed by atoms with van der Waals surface area (Å²) < 4.78 is 1.16. The van der Waals surface area contributed by atoms with Gasteiger partial charge in [0.2, 0.25) is 5.88 Å². The lowest BCUT2D eigenvalue weighted by molar-refractivity contribution is 0.435. The maximum absolute atomic E-state index is 12.9. The predicted octanol–water partition coefficient (Wildman–Crippen LogP) is 3.55. The fourth-order valence-electron chi connectivity index (χ4n) is 2.90. The van der Waals surface area contributed by atoms with Gasteiger partial charge in [-0.2, -0.15) is 0 Å². The molecule has 2 heterocycles. The topological polar surface area (TPSA) is 87.7 Å². The Morgan fingerprint density at radius 2 is 1.70 bits per heavy atom. The zero-order valence-corrected chi connectivity index (χ0v) is 14.1. The second-order valence-electron chi connectivity index (χ2n) is 5.89. The molecule has 6 heteroatoms. The van der Waals surface area contributed by atoms with Crippen LogP contribution in [0.15, 0.2) is 82.7 Å². The molecule has 0 saturated carbocycles. The van der Waals surface area contributed by atoms with Gasteiger partial charge in [0, 0.05) is 29.3 Å². The summed E-state index contributed by atoms with van der Waals surface area (Å²) in [6.07, 6.45) is 3.03. The molecule has 0 radical (unpaired) electrons. The summed E-state index contributed by atoms with van der Waals surface area (Å²) in [5.74, 6) is 0.163. The quantitative estimate of drug-likeness (QED) is 0.549. The van der Waals surface area contributed by atoms with Gasteiger partial charge >= 0.3 is 0 Å². The zero-order chi connectivity index (χ0) is 18.8. The Kier molecular flexibility index (Phi) is 4.14. The van der Waals surface area contributed by atoms with Gasteiger partial charge < -0.3 is 10.2 Å². The number of phenols is 1. The monoisotopic (exact) mass is 357 g/mol. The first-order valence-electron chi connectivity index (χ1n) is 8.26. The molecule has 2 aromatic heterocycles. The average Bonchev–Trinajstić information content (AvgIpc) is 2.69. The zero-order valence-electron chi connectivity index (χ0n) is 14.1. The van der Waals surface area contributed by atoms with Crippen LogP contribution in [0.25, 0.3) is 16.6 Å². The van der Waals surface area contributed by atoms with Crippen LogP contribution in [-0.2, 0) is 0 Å². The largest absolute Gasteiger partial charge is 0.508 e. The molecule has 0 fully saturated rings. The molecule has 0 aliphatic carbocycles. The summed E-state index contributed by atoms with van der Waals surface area (Å²) in [4.78, 5) is 21.4. The standard InChI is InChI=1S/C21H15N3O3/c25-15-7-5-6-14(12-15)23-13-18-16-8-1-2-9-17(16)20(26)24(21(18)27)19-10-3-4-11-22-19/h1-13,25,27H. The van der Waals surface area contributed by atoms with Gasteiger partial charge in [-0.25, -0.2) is 9.55 Å². The maximum atomic E-state index is 12.9. The van der Waals surface area contributed by atoms with E-state index >= 15 is 0 Å². The molecular formula is C21H15N3O3. The van der Waals surface area contributed by atoms with Crippen LogP contribution in [0.3, 0.4) is 0 Å². The number of hydrogen-bond donors (Lipinski definition) is 2. The van der Waals surface area contributed by atoms with E-state index in [1.54, 1.807) is 66.9 Å². The number of pyridine rings is 2. The van der Waals surface area contributed by atoms with Gasteiger partial charge in [-0.1, -0.05) is 30.3 Å². The second-order valence-corrected chi connectivity index (χ2v) is 5.89. The van der Waals surface area contributed by atoms with E-state index in [1.807, 2.05) is 0 Å². The predicted molar refractivity (Wildman–Crippen MR) is 104 cm³/mol. The number of hydrogen-bond acceptors (Lipinski definition) is 5. The number of fused-ring (bicyclic) bond motifs is 1. The molecule has 0 aliphatic heterocycles. The van der Waals surface area contributed by atoms with E-state index in [0.29, 0.717) is 27.8 Å². The van der Waals surface area contributed by atoms with Gasteiger partial charge in [-0.05, 0) is 30.3 Å². The van der Waals surface area contributed by atoms with Crippen molar-refractivity contribution in [2.45, 2.75) is 0 Å². The molecule has 0 atom stereocenters. The molecule has 0 bridgehead atoms. The van der Waals surface area contributed by atoms with E-state index in [9.17, 15) is 15.0 Å². The van der Waals surface area contributed by atoms with Gasteiger partial charge in [0.15, 0.2) is 0 Å². The van der Waals surface area contributed by atoms with Crippen molar-refractivity contribution in [1.29, 1.82) is 0 Å². The Morgan fingerprint density at radius 1 is 0.926 bits per heavy atom. The minimum atomic E-state index is -0.365. The van der Waals surface area contributed by atoms with Gasteiger partial charge in [-0.3, -0.25) is 9.79 Å². The van der Waals surface area contributed by atoms with Crippen molar-refractivity contribution in [1.82, 2.24) is 9.55 Å². The summed E-state index contributed by atoms with van der Waals surface area (Å²) in [7, 11) is 0. The number of nitrogens with zero attached hydrogens (tertiary/aromatic N) is 3. The first-order chi connectivity index (χ1) is 13.1. The first kappa shape index (κ1) is 16.5. The van der Waals surface area contributed by atoms with Crippen LogP contribution in [0.2, 0.25) is 0 Å². The lowest BCUT2D eigenvalue weighted by atomic mass is 10.1. The number of rotatable bonds is 3. The smallest absolute Gasteiger partial charge is 0.267 e. The molecule has 4 aromatic rings. The molecule has 2 N–H and O–H groups in total. The third kappa shape index (κ3) is 3.04. The van der Waals surface area contributed by atoms with Crippen LogP contribution < -0.4 is 5.56 Å². The van der Waals surface area contributed by atoms with Crippen molar-refractivity contribution in [3.05, 3.63) is 88.8 Å². The highest BCUT2D eigenvalue weighted by molar-refractivity contribution is 6.02. The molecule has 4 rings (SSSR count). The van der Waals surface area contributed by atoms with Crippen LogP contribution >= 0.6 is 0 Å². The van der Waals surface area contributed by atoms with Gasteiger partial charge in [0.1, 0.15) is 11.6 Å². The number of benzene rings is 2. The number of aromatic nitrogens is 2. The summed E-state index contributed by atoms with van der Waals surface area (Å²) in [5.41, 5.74) is 0.546. The van der Waals surface area contributed by atoms with Crippen molar-refractivity contribution < 1.29 is 10.2 Å². The van der Waals surface area contributed by atoms with Crippen LogP contribution in [0.1, 0.15) is 5.56 Å². The number of phenolic OH excluding ortho intramolecular Hbond substituents is 1.